The molecule has 7 heteroatoms. The van der Waals surface area contributed by atoms with Crippen molar-refractivity contribution in [1.29, 1.82) is 0 Å². The van der Waals surface area contributed by atoms with Gasteiger partial charge in [0.05, 0.1) is 5.39 Å². The second-order valence-electron chi connectivity index (χ2n) is 5.69. The van der Waals surface area contributed by atoms with Gasteiger partial charge in [-0.25, -0.2) is 4.98 Å². The fraction of sp³-hybridized carbons (Fsp3) is 0.105. The molecule has 0 unspecified atom stereocenters. The zero-order valence-corrected chi connectivity index (χ0v) is 15.8. The standard InChI is InChI=1S/C19H15N3O2S2/c1-11-20-18(24-14-7-5-13(6-8-14)22-12(2)23)17-15(10-26-19(17)21-11)16-4-3-9-25-16/h3-10H,1-2H3,(H,22,23). The fourth-order valence-electron chi connectivity index (χ4n) is 2.62. The quantitative estimate of drug-likeness (QED) is 0.508. The van der Waals surface area contributed by atoms with E-state index in [-0.39, 0.29) is 5.91 Å². The van der Waals surface area contributed by atoms with Gasteiger partial charge in [-0.05, 0) is 42.6 Å². The van der Waals surface area contributed by atoms with E-state index in [0.717, 1.165) is 26.3 Å². The highest BCUT2D eigenvalue weighted by Gasteiger charge is 2.16. The van der Waals surface area contributed by atoms with Crippen molar-refractivity contribution in [3.05, 3.63) is 53.0 Å². The van der Waals surface area contributed by atoms with Crippen LogP contribution in [-0.4, -0.2) is 15.9 Å². The molecule has 4 rings (SSSR count). The van der Waals surface area contributed by atoms with Crippen molar-refractivity contribution in [3.63, 3.8) is 0 Å². The normalized spacial score (nSPS) is 10.8. The number of nitrogens with zero attached hydrogens (tertiary/aromatic N) is 2. The summed E-state index contributed by atoms with van der Waals surface area (Å²) in [6, 6.07) is 11.3. The summed E-state index contributed by atoms with van der Waals surface area (Å²) in [6.45, 7) is 3.34. The number of rotatable bonds is 4. The Labute approximate surface area is 158 Å². The van der Waals surface area contributed by atoms with Gasteiger partial charge in [0.25, 0.3) is 0 Å². The molecule has 0 spiro atoms. The van der Waals surface area contributed by atoms with Crippen molar-refractivity contribution < 1.29 is 9.53 Å². The third-order valence-corrected chi connectivity index (χ3v) is 5.46. The van der Waals surface area contributed by atoms with E-state index >= 15 is 0 Å². The van der Waals surface area contributed by atoms with Crippen molar-refractivity contribution in [3.8, 4) is 22.1 Å². The van der Waals surface area contributed by atoms with Gasteiger partial charge in [0.2, 0.25) is 11.8 Å². The van der Waals surface area contributed by atoms with E-state index in [0.29, 0.717) is 17.5 Å². The van der Waals surface area contributed by atoms with Crippen LogP contribution in [0.15, 0.2) is 47.2 Å². The maximum atomic E-state index is 11.1. The first-order valence-corrected chi connectivity index (χ1v) is 9.71. The summed E-state index contributed by atoms with van der Waals surface area (Å²) >= 11 is 3.27. The van der Waals surface area contributed by atoms with Crippen LogP contribution >= 0.6 is 22.7 Å². The molecule has 0 fully saturated rings. The molecule has 130 valence electrons. The van der Waals surface area contributed by atoms with Gasteiger partial charge >= 0.3 is 0 Å². The van der Waals surface area contributed by atoms with Crippen molar-refractivity contribution >= 4 is 44.5 Å². The Morgan fingerprint density at radius 3 is 2.62 bits per heavy atom. The third-order valence-electron chi connectivity index (χ3n) is 3.69. The predicted molar refractivity (Wildman–Crippen MR) is 106 cm³/mol. The maximum absolute atomic E-state index is 11.1. The minimum Gasteiger partial charge on any atom is -0.438 e. The van der Waals surface area contributed by atoms with E-state index in [4.69, 9.17) is 4.74 Å². The first kappa shape index (κ1) is 16.7. The first-order valence-electron chi connectivity index (χ1n) is 7.95. The highest BCUT2D eigenvalue weighted by Crippen LogP contribution is 2.41. The van der Waals surface area contributed by atoms with Crippen LogP contribution in [0.5, 0.6) is 11.6 Å². The number of anilines is 1. The Kier molecular flexibility index (Phi) is 4.40. The van der Waals surface area contributed by atoms with E-state index in [1.165, 1.54) is 6.92 Å². The SMILES string of the molecule is CC(=O)Nc1ccc(Oc2nc(C)nc3scc(-c4cccs4)c23)cc1. The summed E-state index contributed by atoms with van der Waals surface area (Å²) in [4.78, 5) is 22.3. The smallest absolute Gasteiger partial charge is 0.231 e. The van der Waals surface area contributed by atoms with E-state index in [9.17, 15) is 4.79 Å². The number of carbonyl (C=O) groups is 1. The predicted octanol–water partition coefficient (Wildman–Crippen LogP) is 5.48. The largest absolute Gasteiger partial charge is 0.438 e. The monoisotopic (exact) mass is 381 g/mol. The van der Waals surface area contributed by atoms with E-state index < -0.39 is 0 Å². The molecule has 3 heterocycles. The number of aryl methyl sites for hydroxylation is 1. The molecule has 4 aromatic rings. The van der Waals surface area contributed by atoms with E-state index in [2.05, 4.69) is 32.1 Å². The van der Waals surface area contributed by atoms with Gasteiger partial charge in [-0.15, -0.1) is 22.7 Å². The van der Waals surface area contributed by atoms with Crippen LogP contribution in [0.4, 0.5) is 5.69 Å². The molecule has 5 nitrogen and oxygen atoms in total. The number of hydrogen-bond donors (Lipinski definition) is 1. The zero-order chi connectivity index (χ0) is 18.1. The number of carbonyl (C=O) groups excluding carboxylic acids is 1. The molecule has 0 aliphatic carbocycles. The third kappa shape index (κ3) is 3.31. The van der Waals surface area contributed by atoms with Gasteiger partial charge in [0.15, 0.2) is 0 Å². The number of fused-ring (bicyclic) bond motifs is 1. The summed E-state index contributed by atoms with van der Waals surface area (Å²) in [5.74, 6) is 1.76. The van der Waals surface area contributed by atoms with E-state index in [1.54, 1.807) is 34.8 Å². The summed E-state index contributed by atoms with van der Waals surface area (Å²) in [6.07, 6.45) is 0. The zero-order valence-electron chi connectivity index (χ0n) is 14.1. The molecule has 0 aliphatic heterocycles. The van der Waals surface area contributed by atoms with Crippen LogP contribution in [0.1, 0.15) is 12.7 Å². The molecule has 0 atom stereocenters. The Bertz CT molecular complexity index is 1070. The molecular formula is C19H15N3O2S2. The molecule has 26 heavy (non-hydrogen) atoms. The highest BCUT2D eigenvalue weighted by molar-refractivity contribution is 7.18. The summed E-state index contributed by atoms with van der Waals surface area (Å²) in [5.41, 5.74) is 1.81. The Balaban J connectivity index is 1.74. The lowest BCUT2D eigenvalue weighted by Crippen LogP contribution is -2.05. The minimum absolute atomic E-state index is 0.106. The molecular weight excluding hydrogens is 366 g/mol. The molecule has 0 aliphatic rings. The van der Waals surface area contributed by atoms with Gasteiger partial charge in [0.1, 0.15) is 16.4 Å². The average Bonchev–Trinajstić information content (AvgIpc) is 3.25. The second kappa shape index (κ2) is 6.86. The van der Waals surface area contributed by atoms with Crippen LogP contribution in [0, 0.1) is 6.92 Å². The van der Waals surface area contributed by atoms with Gasteiger partial charge in [-0.1, -0.05) is 6.07 Å². The van der Waals surface area contributed by atoms with Crippen molar-refractivity contribution in [2.75, 3.05) is 5.32 Å². The maximum Gasteiger partial charge on any atom is 0.231 e. The summed E-state index contributed by atoms with van der Waals surface area (Å²) < 4.78 is 6.08. The lowest BCUT2D eigenvalue weighted by molar-refractivity contribution is -0.114. The molecule has 0 saturated heterocycles. The number of hydrogen-bond acceptors (Lipinski definition) is 6. The van der Waals surface area contributed by atoms with Crippen LogP contribution < -0.4 is 10.1 Å². The van der Waals surface area contributed by atoms with Gasteiger partial charge < -0.3 is 10.1 Å². The number of amides is 1. The van der Waals surface area contributed by atoms with Crippen molar-refractivity contribution in [2.24, 2.45) is 0 Å². The molecule has 0 bridgehead atoms. The van der Waals surface area contributed by atoms with Crippen molar-refractivity contribution in [2.45, 2.75) is 13.8 Å². The van der Waals surface area contributed by atoms with Gasteiger partial charge in [-0.2, -0.15) is 4.98 Å². The number of benzene rings is 1. The molecule has 1 aromatic carbocycles. The topological polar surface area (TPSA) is 64.1 Å². The number of ether oxygens (including phenoxy) is 1. The minimum atomic E-state index is -0.106. The van der Waals surface area contributed by atoms with Crippen molar-refractivity contribution in [1.82, 2.24) is 9.97 Å². The van der Waals surface area contributed by atoms with E-state index in [1.807, 2.05) is 25.1 Å². The Morgan fingerprint density at radius 1 is 1.12 bits per heavy atom. The average molecular weight is 381 g/mol. The molecule has 3 aromatic heterocycles. The molecule has 1 N–H and O–H groups in total. The highest BCUT2D eigenvalue weighted by atomic mass is 32.1. The summed E-state index contributed by atoms with van der Waals surface area (Å²) in [7, 11) is 0. The summed E-state index contributed by atoms with van der Waals surface area (Å²) in [5, 5.41) is 7.81. The van der Waals surface area contributed by atoms with Gasteiger partial charge in [-0.3, -0.25) is 4.79 Å². The van der Waals surface area contributed by atoms with Crippen LogP contribution in [0.2, 0.25) is 0 Å². The Morgan fingerprint density at radius 2 is 1.92 bits per heavy atom. The molecule has 1 amide bonds. The molecule has 0 saturated carbocycles. The lowest BCUT2D eigenvalue weighted by Gasteiger charge is -2.09. The molecule has 0 radical (unpaired) electrons. The number of thiophene rings is 2. The number of aromatic nitrogens is 2. The fourth-order valence-corrected chi connectivity index (χ4v) is 4.42. The Hall–Kier alpha value is -2.77. The lowest BCUT2D eigenvalue weighted by atomic mass is 10.2. The van der Waals surface area contributed by atoms with Gasteiger partial charge in [0, 0.05) is 28.4 Å². The van der Waals surface area contributed by atoms with Crippen LogP contribution in [0.3, 0.4) is 0 Å². The first-order chi connectivity index (χ1) is 12.6. The van der Waals surface area contributed by atoms with Crippen LogP contribution in [0.25, 0.3) is 20.7 Å². The second-order valence-corrected chi connectivity index (χ2v) is 7.50. The number of nitrogens with one attached hydrogen (secondary N) is 1. The van der Waals surface area contributed by atoms with Crippen LogP contribution in [-0.2, 0) is 4.79 Å².